The highest BCUT2D eigenvalue weighted by Gasteiger charge is 2.55. The topological polar surface area (TPSA) is 97.4 Å². The number of amides is 1. The van der Waals surface area contributed by atoms with Crippen LogP contribution >= 0.6 is 0 Å². The van der Waals surface area contributed by atoms with E-state index in [0.29, 0.717) is 19.1 Å². The summed E-state index contributed by atoms with van der Waals surface area (Å²) in [6.45, 7) is 8.64. The third-order valence-corrected chi connectivity index (χ3v) is 7.01. The molecular formula is C27H41NO6. The van der Waals surface area contributed by atoms with Gasteiger partial charge in [0.2, 0.25) is 5.91 Å². The number of carbonyl (C=O) groups excluding carboxylic acids is 2. The van der Waals surface area contributed by atoms with Crippen LogP contribution in [0.15, 0.2) is 36.0 Å². The second kappa shape index (κ2) is 12.1. The van der Waals surface area contributed by atoms with Gasteiger partial charge in [-0.3, -0.25) is 9.59 Å². The van der Waals surface area contributed by atoms with E-state index in [0.717, 1.165) is 38.5 Å². The molecule has 2 saturated heterocycles. The van der Waals surface area contributed by atoms with Gasteiger partial charge in [-0.05, 0) is 57.9 Å². The number of carbonyl (C=O) groups is 2. The Hall–Kier alpha value is -1.96. The molecule has 4 atom stereocenters. The molecule has 2 aliphatic heterocycles. The lowest BCUT2D eigenvalue weighted by Gasteiger charge is -2.31. The summed E-state index contributed by atoms with van der Waals surface area (Å²) in [7, 11) is 0. The first-order chi connectivity index (χ1) is 16.2. The molecule has 2 N–H and O–H groups in total. The molecule has 3 fully saturated rings. The second-order valence-electron chi connectivity index (χ2n) is 10.3. The van der Waals surface area contributed by atoms with E-state index in [1.807, 2.05) is 12.2 Å². The summed E-state index contributed by atoms with van der Waals surface area (Å²) >= 11 is 0. The molecule has 1 amide bonds. The molecule has 1 saturated carbocycles. The molecule has 34 heavy (non-hydrogen) atoms. The van der Waals surface area contributed by atoms with Gasteiger partial charge in [-0.1, -0.05) is 37.6 Å². The summed E-state index contributed by atoms with van der Waals surface area (Å²) in [4.78, 5) is 23.8. The average molecular weight is 476 g/mol. The van der Waals surface area contributed by atoms with Crippen LogP contribution in [0.25, 0.3) is 0 Å². The Morgan fingerprint density at radius 3 is 2.53 bits per heavy atom. The largest absolute Gasteiger partial charge is 0.458 e. The number of hydrogen-bond donors (Lipinski definition) is 2. The van der Waals surface area contributed by atoms with Crippen molar-refractivity contribution in [3.05, 3.63) is 36.0 Å². The third kappa shape index (κ3) is 7.79. The zero-order valence-electron chi connectivity index (χ0n) is 21.0. The highest BCUT2D eigenvalue weighted by Crippen LogP contribution is 2.40. The molecule has 3 rings (SSSR count). The normalized spacial score (nSPS) is 32.9. The molecule has 0 bridgehead atoms. The Morgan fingerprint density at radius 2 is 1.88 bits per heavy atom. The summed E-state index contributed by atoms with van der Waals surface area (Å²) in [6, 6.07) is 0.189. The lowest BCUT2D eigenvalue weighted by atomic mass is 9.83. The van der Waals surface area contributed by atoms with E-state index in [1.54, 1.807) is 26.8 Å². The number of allylic oxidation sites excluding steroid dienone is 3. The van der Waals surface area contributed by atoms with Crippen LogP contribution in [0.3, 0.4) is 0 Å². The van der Waals surface area contributed by atoms with Crippen molar-refractivity contribution in [2.45, 2.75) is 96.2 Å². The van der Waals surface area contributed by atoms with Crippen LogP contribution < -0.4 is 5.32 Å². The van der Waals surface area contributed by atoms with Crippen LogP contribution in [-0.2, 0) is 23.8 Å². The molecule has 0 radical (unpaired) electrons. The first-order valence-corrected chi connectivity index (χ1v) is 12.7. The van der Waals surface area contributed by atoms with E-state index < -0.39 is 12.2 Å². The molecule has 0 aromatic rings. The van der Waals surface area contributed by atoms with Crippen molar-refractivity contribution in [1.29, 1.82) is 0 Å². The fraction of sp³-hybridized carbons (Fsp3) is 0.704. The SMILES string of the molecule is CC(/C=C/[C@H]1OCC[C@@]2(CO2)[C@@H]1O)=C\CC1CCC(NC(=O)/C=C\[C@H](C)OC(=O)C(C)C)CC1. The maximum atomic E-state index is 12.2. The summed E-state index contributed by atoms with van der Waals surface area (Å²) in [5.41, 5.74) is 0.799. The third-order valence-electron chi connectivity index (χ3n) is 7.01. The Kier molecular flexibility index (Phi) is 9.51. The highest BCUT2D eigenvalue weighted by molar-refractivity contribution is 5.87. The second-order valence-corrected chi connectivity index (χ2v) is 10.3. The molecule has 0 aromatic heterocycles. The molecule has 1 aliphatic carbocycles. The van der Waals surface area contributed by atoms with Crippen LogP contribution in [0.5, 0.6) is 0 Å². The van der Waals surface area contributed by atoms with Gasteiger partial charge in [-0.15, -0.1) is 0 Å². The van der Waals surface area contributed by atoms with Crippen molar-refractivity contribution < 1.29 is 28.9 Å². The van der Waals surface area contributed by atoms with Crippen LogP contribution in [0, 0.1) is 11.8 Å². The van der Waals surface area contributed by atoms with Crippen molar-refractivity contribution in [2.24, 2.45) is 11.8 Å². The monoisotopic (exact) mass is 475 g/mol. The quantitative estimate of drug-likeness (QED) is 0.229. The molecule has 3 aliphatic rings. The average Bonchev–Trinajstić information content (AvgIpc) is 3.58. The van der Waals surface area contributed by atoms with Gasteiger partial charge in [-0.2, -0.15) is 0 Å². The smallest absolute Gasteiger partial charge is 0.308 e. The van der Waals surface area contributed by atoms with E-state index in [4.69, 9.17) is 14.2 Å². The molecule has 0 unspecified atom stereocenters. The zero-order chi connectivity index (χ0) is 24.7. The van der Waals surface area contributed by atoms with Gasteiger partial charge in [0, 0.05) is 18.5 Å². The summed E-state index contributed by atoms with van der Waals surface area (Å²) < 4.78 is 16.4. The molecule has 190 valence electrons. The number of nitrogens with one attached hydrogen (secondary N) is 1. The van der Waals surface area contributed by atoms with Crippen LogP contribution in [0.2, 0.25) is 0 Å². The van der Waals surface area contributed by atoms with Gasteiger partial charge >= 0.3 is 5.97 Å². The Bertz CT molecular complexity index is 789. The van der Waals surface area contributed by atoms with Gasteiger partial charge in [0.05, 0.1) is 19.1 Å². The van der Waals surface area contributed by atoms with Crippen LogP contribution in [0.1, 0.15) is 66.2 Å². The van der Waals surface area contributed by atoms with Crippen LogP contribution in [-0.4, -0.2) is 60.2 Å². The van der Waals surface area contributed by atoms with Crippen molar-refractivity contribution in [2.75, 3.05) is 13.2 Å². The number of ether oxygens (including phenoxy) is 3. The molecule has 7 nitrogen and oxygen atoms in total. The fourth-order valence-electron chi connectivity index (χ4n) is 4.52. The summed E-state index contributed by atoms with van der Waals surface area (Å²) in [5.74, 6) is 0.0273. The van der Waals surface area contributed by atoms with Crippen LogP contribution in [0.4, 0.5) is 0 Å². The summed E-state index contributed by atoms with van der Waals surface area (Å²) in [5, 5.41) is 13.5. The zero-order valence-corrected chi connectivity index (χ0v) is 21.0. The number of aliphatic hydroxyl groups is 1. The predicted molar refractivity (Wildman–Crippen MR) is 130 cm³/mol. The number of rotatable bonds is 9. The molecule has 2 heterocycles. The maximum absolute atomic E-state index is 12.2. The minimum atomic E-state index is -0.594. The van der Waals surface area contributed by atoms with E-state index in [9.17, 15) is 14.7 Å². The molecule has 0 aromatic carbocycles. The number of epoxide rings is 1. The number of aliphatic hydroxyl groups excluding tert-OH is 1. The fourth-order valence-corrected chi connectivity index (χ4v) is 4.52. The minimum absolute atomic E-state index is 0.137. The minimum Gasteiger partial charge on any atom is -0.458 e. The maximum Gasteiger partial charge on any atom is 0.308 e. The van der Waals surface area contributed by atoms with Crippen molar-refractivity contribution in [1.82, 2.24) is 5.32 Å². The van der Waals surface area contributed by atoms with E-state index in [1.165, 1.54) is 11.6 Å². The Labute approximate surface area is 203 Å². The van der Waals surface area contributed by atoms with Gasteiger partial charge in [-0.25, -0.2) is 0 Å². The number of esters is 1. The van der Waals surface area contributed by atoms with E-state index in [2.05, 4.69) is 18.3 Å². The van der Waals surface area contributed by atoms with E-state index in [-0.39, 0.29) is 35.5 Å². The standard InChI is InChI=1S/C27H41NO6/c1-18(2)26(31)34-20(4)7-14-24(29)28-22-11-9-21(10-12-22)8-5-19(3)6-13-23-25(30)27(17-33-27)15-16-32-23/h5-7,13-14,18,20-23,25,30H,8-12,15-17H2,1-4H3,(H,28,29)/b13-6+,14-7-,19-5+/t20-,21?,22?,23+,25+,27+/m0/s1. The van der Waals surface area contributed by atoms with Gasteiger partial charge in [0.25, 0.3) is 0 Å². The van der Waals surface area contributed by atoms with E-state index >= 15 is 0 Å². The summed E-state index contributed by atoms with van der Waals surface area (Å²) in [6.07, 6.45) is 13.9. The lowest BCUT2D eigenvalue weighted by Crippen LogP contribution is -2.46. The highest BCUT2D eigenvalue weighted by atomic mass is 16.6. The lowest BCUT2D eigenvalue weighted by molar-refractivity contribution is -0.149. The first kappa shape index (κ1) is 26.6. The Morgan fingerprint density at radius 1 is 1.18 bits per heavy atom. The predicted octanol–water partition coefficient (Wildman–Crippen LogP) is 3.62. The first-order valence-electron chi connectivity index (χ1n) is 12.7. The van der Waals surface area contributed by atoms with Crippen molar-refractivity contribution in [3.8, 4) is 0 Å². The van der Waals surface area contributed by atoms with Gasteiger partial charge < -0.3 is 24.6 Å². The molecule has 7 heteroatoms. The number of hydrogen-bond acceptors (Lipinski definition) is 6. The molecular weight excluding hydrogens is 434 g/mol. The molecule has 1 spiro atoms. The van der Waals surface area contributed by atoms with Gasteiger partial charge in [0.15, 0.2) is 0 Å². The Balaban J connectivity index is 1.34. The van der Waals surface area contributed by atoms with Crippen molar-refractivity contribution >= 4 is 11.9 Å². The van der Waals surface area contributed by atoms with Crippen molar-refractivity contribution in [3.63, 3.8) is 0 Å². The van der Waals surface area contributed by atoms with Gasteiger partial charge in [0.1, 0.15) is 23.9 Å².